The summed E-state index contributed by atoms with van der Waals surface area (Å²) in [6.07, 6.45) is 3.40. The van der Waals surface area contributed by atoms with Crippen molar-refractivity contribution in [1.29, 1.82) is 0 Å². The van der Waals surface area contributed by atoms with Gasteiger partial charge in [-0.05, 0) is 13.2 Å². The highest BCUT2D eigenvalue weighted by Gasteiger charge is 2.12. The van der Waals surface area contributed by atoms with Gasteiger partial charge in [0.15, 0.2) is 5.84 Å². The molecule has 2 N–H and O–H groups in total. The summed E-state index contributed by atoms with van der Waals surface area (Å²) >= 11 is 1.54. The first-order valence-electron chi connectivity index (χ1n) is 4.59. The average Bonchev–Trinajstić information content (AvgIpc) is 2.65. The largest absolute Gasteiger partial charge is 0.398 e. The minimum Gasteiger partial charge on any atom is -0.398 e. The summed E-state index contributed by atoms with van der Waals surface area (Å²) in [6, 6.07) is 0. The Labute approximate surface area is 97.8 Å². The van der Waals surface area contributed by atoms with Gasteiger partial charge in [-0.25, -0.2) is 0 Å². The van der Waals surface area contributed by atoms with Crippen molar-refractivity contribution in [3.05, 3.63) is 17.5 Å². The van der Waals surface area contributed by atoms with E-state index in [1.165, 1.54) is 13.3 Å². The van der Waals surface area contributed by atoms with E-state index in [2.05, 4.69) is 25.5 Å². The number of nitrogens with one attached hydrogen (secondary N) is 2. The maximum atomic E-state index is 11.8. The molecule has 0 atom stereocenters. The van der Waals surface area contributed by atoms with E-state index in [9.17, 15) is 4.79 Å². The molecule has 0 radical (unpaired) electrons. The number of amidine groups is 1. The van der Waals surface area contributed by atoms with Crippen molar-refractivity contribution in [1.82, 2.24) is 15.5 Å². The van der Waals surface area contributed by atoms with Crippen LogP contribution in [0.5, 0.6) is 0 Å². The number of H-pyrrole nitrogens is 1. The summed E-state index contributed by atoms with van der Waals surface area (Å²) in [4.78, 5) is 16.4. The molecule has 1 amide bonds. The third kappa shape index (κ3) is 3.27. The Morgan fingerprint density at radius 1 is 1.75 bits per heavy atom. The molecule has 0 bridgehead atoms. The summed E-state index contributed by atoms with van der Waals surface area (Å²) in [5.41, 5.74) is 1.23. The molecule has 7 heteroatoms. The van der Waals surface area contributed by atoms with Gasteiger partial charge in [0.25, 0.3) is 5.91 Å². The number of amides is 1. The summed E-state index contributed by atoms with van der Waals surface area (Å²) in [6.45, 7) is 1.78. The predicted molar refractivity (Wildman–Crippen MR) is 63.6 cm³/mol. The lowest BCUT2D eigenvalue weighted by Gasteiger charge is -2.05. The van der Waals surface area contributed by atoms with Crippen LogP contribution in [0, 0.1) is 6.92 Å². The second-order valence-corrected chi connectivity index (χ2v) is 3.88. The normalized spacial score (nSPS) is 11.3. The molecule has 1 rings (SSSR count). The van der Waals surface area contributed by atoms with Crippen molar-refractivity contribution >= 4 is 23.5 Å². The number of aromatic nitrogens is 2. The highest BCUT2D eigenvalue weighted by Crippen LogP contribution is 2.02. The topological polar surface area (TPSA) is 79.4 Å². The van der Waals surface area contributed by atoms with E-state index in [-0.39, 0.29) is 5.91 Å². The van der Waals surface area contributed by atoms with Gasteiger partial charge in [-0.15, -0.1) is 0 Å². The molecule has 1 heterocycles. The minimum absolute atomic E-state index is 0.240. The standard InChI is InChI=1S/C9H14N4O2S/c1-6-7(4-10-12-6)9(14)11-8(5-16-3)13-15-2/h4H,5H2,1-3H3,(H,10,12)(H,11,13,14). The van der Waals surface area contributed by atoms with Gasteiger partial charge in [-0.2, -0.15) is 16.9 Å². The molecule has 0 aliphatic rings. The first-order chi connectivity index (χ1) is 7.69. The van der Waals surface area contributed by atoms with Crippen LogP contribution in [0.25, 0.3) is 0 Å². The van der Waals surface area contributed by atoms with Crippen LogP contribution in [0.4, 0.5) is 0 Å². The zero-order valence-electron chi connectivity index (χ0n) is 9.40. The molecule has 6 nitrogen and oxygen atoms in total. The molecule has 1 aromatic rings. The SMILES string of the molecule is CON=C(CSC)NC(=O)c1cn[nH]c1C. The number of hydrogen-bond acceptors (Lipinski definition) is 5. The molecule has 0 saturated carbocycles. The molecule has 16 heavy (non-hydrogen) atoms. The summed E-state index contributed by atoms with van der Waals surface area (Å²) in [5.74, 6) is 0.827. The monoisotopic (exact) mass is 242 g/mol. The van der Waals surface area contributed by atoms with Crippen LogP contribution in [0.3, 0.4) is 0 Å². The Balaban J connectivity index is 2.69. The van der Waals surface area contributed by atoms with Gasteiger partial charge in [0, 0.05) is 5.69 Å². The quantitative estimate of drug-likeness (QED) is 0.464. The summed E-state index contributed by atoms with van der Waals surface area (Å²) in [5, 5.41) is 12.9. The Morgan fingerprint density at radius 3 is 3.00 bits per heavy atom. The Bertz CT molecular complexity index is 389. The second kappa shape index (κ2) is 6.16. The van der Waals surface area contributed by atoms with Crippen LogP contribution in [0.15, 0.2) is 11.4 Å². The van der Waals surface area contributed by atoms with Crippen LogP contribution >= 0.6 is 11.8 Å². The molecule has 0 aliphatic carbocycles. The van der Waals surface area contributed by atoms with E-state index >= 15 is 0 Å². The van der Waals surface area contributed by atoms with Gasteiger partial charge in [0.2, 0.25) is 0 Å². The second-order valence-electron chi connectivity index (χ2n) is 3.02. The van der Waals surface area contributed by atoms with Gasteiger partial charge in [0.05, 0.1) is 17.5 Å². The first kappa shape index (κ1) is 12.6. The number of oxime groups is 1. The van der Waals surface area contributed by atoms with E-state index in [1.807, 2.05) is 6.26 Å². The molecular formula is C9H14N4O2S. The van der Waals surface area contributed by atoms with E-state index in [4.69, 9.17) is 0 Å². The number of aromatic amines is 1. The maximum absolute atomic E-state index is 11.8. The molecular weight excluding hydrogens is 228 g/mol. The molecule has 1 aromatic heterocycles. The third-order valence-corrected chi connectivity index (χ3v) is 2.38. The van der Waals surface area contributed by atoms with Crippen LogP contribution in [-0.4, -0.2) is 41.1 Å². The van der Waals surface area contributed by atoms with E-state index in [1.54, 1.807) is 18.7 Å². The predicted octanol–water partition coefficient (Wildman–Crippen LogP) is 0.771. The van der Waals surface area contributed by atoms with Crippen LogP contribution < -0.4 is 5.32 Å². The van der Waals surface area contributed by atoms with Gasteiger partial charge in [0.1, 0.15) is 7.11 Å². The van der Waals surface area contributed by atoms with Crippen molar-refractivity contribution in [3.8, 4) is 0 Å². The zero-order chi connectivity index (χ0) is 12.0. The lowest BCUT2D eigenvalue weighted by molar-refractivity contribution is 0.0973. The fourth-order valence-corrected chi connectivity index (χ4v) is 1.51. The Hall–Kier alpha value is -1.50. The highest BCUT2D eigenvalue weighted by molar-refractivity contribution is 7.99. The lowest BCUT2D eigenvalue weighted by atomic mass is 10.2. The van der Waals surface area contributed by atoms with Crippen molar-refractivity contribution in [2.75, 3.05) is 19.1 Å². The molecule has 0 saturated heterocycles. The smallest absolute Gasteiger partial charge is 0.260 e. The van der Waals surface area contributed by atoms with Crippen molar-refractivity contribution in [3.63, 3.8) is 0 Å². The van der Waals surface area contributed by atoms with Crippen molar-refractivity contribution in [2.24, 2.45) is 5.16 Å². The molecule has 0 spiro atoms. The van der Waals surface area contributed by atoms with Crippen LogP contribution in [0.1, 0.15) is 16.1 Å². The van der Waals surface area contributed by atoms with Crippen LogP contribution in [0.2, 0.25) is 0 Å². The fourth-order valence-electron chi connectivity index (χ4n) is 1.11. The Morgan fingerprint density at radius 2 is 2.50 bits per heavy atom. The number of thioether (sulfide) groups is 1. The van der Waals surface area contributed by atoms with E-state index in [0.29, 0.717) is 17.2 Å². The summed E-state index contributed by atoms with van der Waals surface area (Å²) < 4.78 is 0. The van der Waals surface area contributed by atoms with Gasteiger partial charge in [-0.3, -0.25) is 9.89 Å². The zero-order valence-corrected chi connectivity index (χ0v) is 10.2. The number of aryl methyl sites for hydroxylation is 1. The lowest BCUT2D eigenvalue weighted by Crippen LogP contribution is -2.32. The van der Waals surface area contributed by atoms with Gasteiger partial charge >= 0.3 is 0 Å². The average molecular weight is 242 g/mol. The molecule has 88 valence electrons. The first-order valence-corrected chi connectivity index (χ1v) is 5.98. The van der Waals surface area contributed by atoms with Crippen molar-refractivity contribution in [2.45, 2.75) is 6.92 Å². The summed E-state index contributed by atoms with van der Waals surface area (Å²) in [7, 11) is 1.44. The van der Waals surface area contributed by atoms with E-state index in [0.717, 1.165) is 5.69 Å². The molecule has 0 fully saturated rings. The molecule has 0 unspecified atom stereocenters. The number of hydrogen-bond donors (Lipinski definition) is 2. The number of nitrogens with zero attached hydrogens (tertiary/aromatic N) is 2. The van der Waals surface area contributed by atoms with Crippen LogP contribution in [-0.2, 0) is 4.84 Å². The number of carbonyl (C=O) groups is 1. The maximum Gasteiger partial charge on any atom is 0.260 e. The third-order valence-electron chi connectivity index (χ3n) is 1.81. The van der Waals surface area contributed by atoms with Gasteiger partial charge in [-0.1, -0.05) is 5.16 Å². The molecule has 0 aliphatic heterocycles. The van der Waals surface area contributed by atoms with E-state index < -0.39 is 0 Å². The Kier molecular flexibility index (Phi) is 4.84. The minimum atomic E-state index is -0.240. The fraction of sp³-hybridized carbons (Fsp3) is 0.444. The van der Waals surface area contributed by atoms with Gasteiger partial charge < -0.3 is 10.2 Å². The number of carbonyl (C=O) groups excluding carboxylic acids is 1. The molecule has 0 aromatic carbocycles. The highest BCUT2D eigenvalue weighted by atomic mass is 32.2. The van der Waals surface area contributed by atoms with Crippen molar-refractivity contribution < 1.29 is 9.63 Å². The number of rotatable bonds is 4.